The van der Waals surface area contributed by atoms with Crippen LogP contribution in [0.3, 0.4) is 0 Å². The van der Waals surface area contributed by atoms with Gasteiger partial charge in [0.15, 0.2) is 0 Å². The lowest BCUT2D eigenvalue weighted by Crippen LogP contribution is -2.42. The summed E-state index contributed by atoms with van der Waals surface area (Å²) in [4.78, 5) is 23.8. The average Bonchev–Trinajstić information content (AvgIpc) is 2.65. The quantitative estimate of drug-likeness (QED) is 0.505. The molecule has 0 radical (unpaired) electrons. The van der Waals surface area contributed by atoms with Gasteiger partial charge in [-0.25, -0.2) is 4.79 Å². The van der Waals surface area contributed by atoms with Gasteiger partial charge in [-0.05, 0) is 6.42 Å². The molecule has 14 heavy (non-hydrogen) atoms. The normalized spacial score (nSPS) is 20.7. The van der Waals surface area contributed by atoms with Crippen LogP contribution in [0.15, 0.2) is 0 Å². The predicted molar refractivity (Wildman–Crippen MR) is 51.6 cm³/mol. The Balaban J connectivity index is 2.34. The number of carbonyl (C=O) groups excluding carboxylic acids is 2. The van der Waals surface area contributed by atoms with Crippen LogP contribution in [-0.4, -0.2) is 49.6 Å². The van der Waals surface area contributed by atoms with Crippen molar-refractivity contribution in [3.05, 3.63) is 0 Å². The standard InChI is InChI=1S/C8H16N4O2/c1-10-8(14)12-3-2-6(5-12)11-7(13)4-9/h6H,2-5,9H2,1H3,(H,10,14)(H,11,13). The van der Waals surface area contributed by atoms with Crippen molar-refractivity contribution in [2.24, 2.45) is 5.73 Å². The second kappa shape index (κ2) is 4.80. The summed E-state index contributed by atoms with van der Waals surface area (Å²) in [5.41, 5.74) is 5.17. The topological polar surface area (TPSA) is 87.5 Å². The molecule has 0 spiro atoms. The molecule has 1 unspecified atom stereocenters. The third kappa shape index (κ3) is 2.59. The number of nitrogens with one attached hydrogen (secondary N) is 2. The summed E-state index contributed by atoms with van der Waals surface area (Å²) in [7, 11) is 1.59. The molecule has 0 aromatic carbocycles. The van der Waals surface area contributed by atoms with Gasteiger partial charge in [-0.15, -0.1) is 0 Å². The van der Waals surface area contributed by atoms with E-state index in [4.69, 9.17) is 5.73 Å². The van der Waals surface area contributed by atoms with E-state index in [-0.39, 0.29) is 24.5 Å². The Morgan fingerprint density at radius 3 is 2.86 bits per heavy atom. The van der Waals surface area contributed by atoms with Gasteiger partial charge in [0.25, 0.3) is 0 Å². The van der Waals surface area contributed by atoms with Gasteiger partial charge >= 0.3 is 6.03 Å². The Hall–Kier alpha value is -1.30. The summed E-state index contributed by atoms with van der Waals surface area (Å²) in [5, 5.41) is 5.30. The van der Waals surface area contributed by atoms with E-state index in [0.717, 1.165) is 6.42 Å². The number of carbonyl (C=O) groups is 2. The van der Waals surface area contributed by atoms with E-state index in [9.17, 15) is 9.59 Å². The summed E-state index contributed by atoms with van der Waals surface area (Å²) in [6.45, 7) is 1.23. The van der Waals surface area contributed by atoms with E-state index in [1.165, 1.54) is 0 Å². The molecule has 6 heteroatoms. The van der Waals surface area contributed by atoms with Gasteiger partial charge in [-0.1, -0.05) is 0 Å². The lowest BCUT2D eigenvalue weighted by atomic mass is 10.2. The van der Waals surface area contributed by atoms with Crippen LogP contribution in [0.25, 0.3) is 0 Å². The number of amides is 3. The Kier molecular flexibility index (Phi) is 3.70. The molecule has 6 nitrogen and oxygen atoms in total. The number of urea groups is 1. The number of nitrogens with two attached hydrogens (primary N) is 1. The molecular formula is C8H16N4O2. The van der Waals surface area contributed by atoms with E-state index in [2.05, 4.69) is 10.6 Å². The van der Waals surface area contributed by atoms with Crippen molar-refractivity contribution < 1.29 is 9.59 Å². The molecule has 1 saturated heterocycles. The van der Waals surface area contributed by atoms with Crippen molar-refractivity contribution in [2.75, 3.05) is 26.7 Å². The lowest BCUT2D eigenvalue weighted by molar-refractivity contribution is -0.120. The minimum absolute atomic E-state index is 0.00350. The van der Waals surface area contributed by atoms with Gasteiger partial charge in [0.05, 0.1) is 6.54 Å². The smallest absolute Gasteiger partial charge is 0.317 e. The predicted octanol–water partition coefficient (Wildman–Crippen LogP) is -1.52. The van der Waals surface area contributed by atoms with Crippen LogP contribution in [0.5, 0.6) is 0 Å². The van der Waals surface area contributed by atoms with E-state index in [0.29, 0.717) is 13.1 Å². The maximum Gasteiger partial charge on any atom is 0.317 e. The van der Waals surface area contributed by atoms with Crippen molar-refractivity contribution in [3.8, 4) is 0 Å². The van der Waals surface area contributed by atoms with Gasteiger partial charge < -0.3 is 21.3 Å². The van der Waals surface area contributed by atoms with E-state index in [1.54, 1.807) is 11.9 Å². The van der Waals surface area contributed by atoms with Gasteiger partial charge in [-0.3, -0.25) is 4.79 Å². The molecule has 1 fully saturated rings. The first-order valence-electron chi connectivity index (χ1n) is 4.63. The van der Waals surface area contributed by atoms with Crippen molar-refractivity contribution >= 4 is 11.9 Å². The molecule has 4 N–H and O–H groups in total. The molecule has 1 atom stereocenters. The average molecular weight is 200 g/mol. The zero-order valence-electron chi connectivity index (χ0n) is 8.25. The van der Waals surface area contributed by atoms with Gasteiger partial charge in [0.1, 0.15) is 0 Å². The molecule has 0 aliphatic carbocycles. The molecule has 0 saturated carbocycles. The highest BCUT2D eigenvalue weighted by Gasteiger charge is 2.26. The van der Waals surface area contributed by atoms with Crippen molar-refractivity contribution in [1.29, 1.82) is 0 Å². The molecule has 1 aliphatic heterocycles. The van der Waals surface area contributed by atoms with Crippen LogP contribution in [0.2, 0.25) is 0 Å². The maximum absolute atomic E-state index is 11.2. The van der Waals surface area contributed by atoms with E-state index in [1.807, 2.05) is 0 Å². The maximum atomic E-state index is 11.2. The minimum atomic E-state index is -0.172. The first kappa shape index (κ1) is 10.8. The molecule has 0 aromatic rings. The zero-order valence-corrected chi connectivity index (χ0v) is 8.25. The van der Waals surface area contributed by atoms with Crippen LogP contribution in [0, 0.1) is 0 Å². The van der Waals surface area contributed by atoms with Crippen molar-refractivity contribution in [2.45, 2.75) is 12.5 Å². The van der Waals surface area contributed by atoms with Crippen molar-refractivity contribution in [3.63, 3.8) is 0 Å². The second-order valence-corrected chi connectivity index (χ2v) is 3.26. The van der Waals surface area contributed by atoms with Crippen LogP contribution in [0.4, 0.5) is 4.79 Å². The van der Waals surface area contributed by atoms with Crippen LogP contribution >= 0.6 is 0 Å². The largest absolute Gasteiger partial charge is 0.350 e. The molecule has 0 aromatic heterocycles. The molecular weight excluding hydrogens is 184 g/mol. The summed E-state index contributed by atoms with van der Waals surface area (Å²) in [6, 6.07) is -0.0575. The fraction of sp³-hybridized carbons (Fsp3) is 0.750. The Bertz CT molecular complexity index is 231. The van der Waals surface area contributed by atoms with Crippen molar-refractivity contribution in [1.82, 2.24) is 15.5 Å². The number of likely N-dealkylation sites (tertiary alicyclic amines) is 1. The van der Waals surface area contributed by atoms with Crippen LogP contribution in [-0.2, 0) is 4.79 Å². The number of hydrogen-bond acceptors (Lipinski definition) is 3. The minimum Gasteiger partial charge on any atom is -0.350 e. The summed E-state index contributed by atoms with van der Waals surface area (Å²) < 4.78 is 0. The number of hydrogen-bond donors (Lipinski definition) is 3. The third-order valence-electron chi connectivity index (χ3n) is 2.24. The second-order valence-electron chi connectivity index (χ2n) is 3.26. The highest BCUT2D eigenvalue weighted by molar-refractivity contribution is 5.78. The summed E-state index contributed by atoms with van der Waals surface area (Å²) in [5.74, 6) is -0.172. The highest BCUT2D eigenvalue weighted by atomic mass is 16.2. The fourth-order valence-corrected chi connectivity index (χ4v) is 1.51. The van der Waals surface area contributed by atoms with E-state index < -0.39 is 0 Å². The van der Waals surface area contributed by atoms with Gasteiger partial charge in [0, 0.05) is 26.2 Å². The van der Waals surface area contributed by atoms with E-state index >= 15 is 0 Å². The lowest BCUT2D eigenvalue weighted by Gasteiger charge is -2.16. The first-order chi connectivity index (χ1) is 6.67. The zero-order chi connectivity index (χ0) is 10.6. The molecule has 1 rings (SSSR count). The summed E-state index contributed by atoms with van der Waals surface area (Å²) >= 11 is 0. The fourth-order valence-electron chi connectivity index (χ4n) is 1.51. The third-order valence-corrected chi connectivity index (χ3v) is 2.24. The monoisotopic (exact) mass is 200 g/mol. The highest BCUT2D eigenvalue weighted by Crippen LogP contribution is 2.08. The molecule has 1 aliphatic rings. The van der Waals surface area contributed by atoms with Gasteiger partial charge in [0.2, 0.25) is 5.91 Å². The molecule has 80 valence electrons. The number of rotatable bonds is 2. The Morgan fingerprint density at radius 2 is 2.29 bits per heavy atom. The molecule has 0 bridgehead atoms. The molecule has 1 heterocycles. The van der Waals surface area contributed by atoms with Gasteiger partial charge in [-0.2, -0.15) is 0 Å². The number of nitrogens with zero attached hydrogens (tertiary/aromatic N) is 1. The Morgan fingerprint density at radius 1 is 1.57 bits per heavy atom. The van der Waals surface area contributed by atoms with Crippen LogP contribution < -0.4 is 16.4 Å². The molecule has 3 amide bonds. The SMILES string of the molecule is CNC(=O)N1CCC(NC(=O)CN)C1. The van der Waals surface area contributed by atoms with Crippen LogP contribution in [0.1, 0.15) is 6.42 Å². The summed E-state index contributed by atoms with van der Waals surface area (Å²) in [6.07, 6.45) is 0.791. The Labute approximate surface area is 82.8 Å². The first-order valence-corrected chi connectivity index (χ1v) is 4.63.